The Labute approximate surface area is 98.3 Å². The number of halogens is 2. The highest BCUT2D eigenvalue weighted by Gasteiger charge is 2.21. The fourth-order valence-corrected chi connectivity index (χ4v) is 1.68. The van der Waals surface area contributed by atoms with Crippen molar-refractivity contribution in [2.45, 2.75) is 19.9 Å². The van der Waals surface area contributed by atoms with Gasteiger partial charge in [-0.1, -0.05) is 11.6 Å². The molecule has 0 heterocycles. The second-order valence-corrected chi connectivity index (χ2v) is 3.94. The Hall–Kier alpha value is -1.13. The molecule has 1 unspecified atom stereocenters. The predicted molar refractivity (Wildman–Crippen MR) is 60.7 cm³/mol. The number of carbonyl (C=O) groups excluding carboxylic acids is 1. The minimum atomic E-state index is -0.685. The second kappa shape index (κ2) is 4.80. The van der Waals surface area contributed by atoms with Gasteiger partial charge in [0.15, 0.2) is 5.78 Å². The van der Waals surface area contributed by atoms with Crippen molar-refractivity contribution in [2.24, 2.45) is 5.73 Å². The first kappa shape index (κ1) is 12.9. The molecule has 0 saturated carbocycles. The number of ether oxygens (including phenoxy) is 1. The zero-order valence-electron chi connectivity index (χ0n) is 9.30. The van der Waals surface area contributed by atoms with E-state index in [4.69, 9.17) is 22.1 Å². The molecular formula is C11H13ClFNO2. The zero-order chi connectivity index (χ0) is 12.5. The number of carbonyl (C=O) groups is 1. The third kappa shape index (κ3) is 2.18. The van der Waals surface area contributed by atoms with Crippen LogP contribution in [-0.2, 0) is 0 Å². The highest BCUT2D eigenvalue weighted by molar-refractivity contribution is 6.31. The first-order valence-corrected chi connectivity index (χ1v) is 5.10. The van der Waals surface area contributed by atoms with Gasteiger partial charge in [0.05, 0.1) is 23.7 Å². The van der Waals surface area contributed by atoms with E-state index in [1.165, 1.54) is 20.1 Å². The molecule has 0 spiro atoms. The van der Waals surface area contributed by atoms with Crippen molar-refractivity contribution in [1.82, 2.24) is 0 Å². The van der Waals surface area contributed by atoms with Gasteiger partial charge < -0.3 is 10.5 Å². The van der Waals surface area contributed by atoms with Crippen LogP contribution in [0.15, 0.2) is 6.07 Å². The molecule has 1 aromatic carbocycles. The molecule has 3 nitrogen and oxygen atoms in total. The van der Waals surface area contributed by atoms with Crippen molar-refractivity contribution in [3.8, 4) is 5.75 Å². The molecule has 88 valence electrons. The largest absolute Gasteiger partial charge is 0.496 e. The van der Waals surface area contributed by atoms with Gasteiger partial charge >= 0.3 is 0 Å². The Morgan fingerprint density at radius 1 is 1.62 bits per heavy atom. The second-order valence-electron chi connectivity index (χ2n) is 3.53. The minimum absolute atomic E-state index is 0.109. The number of rotatable bonds is 3. The van der Waals surface area contributed by atoms with E-state index < -0.39 is 11.9 Å². The first-order valence-electron chi connectivity index (χ1n) is 4.72. The van der Waals surface area contributed by atoms with Crippen molar-refractivity contribution in [3.63, 3.8) is 0 Å². The standard InChI is InChI=1S/C11H13ClFNO2/c1-5-9(13)8(12)4-7(11(5)16-3)10(15)6(2)14/h4,6H,14H2,1-3H3. The van der Waals surface area contributed by atoms with Crippen molar-refractivity contribution < 1.29 is 13.9 Å². The van der Waals surface area contributed by atoms with Gasteiger partial charge in [0.1, 0.15) is 11.6 Å². The van der Waals surface area contributed by atoms with Crippen molar-refractivity contribution in [1.29, 1.82) is 0 Å². The maximum absolute atomic E-state index is 13.5. The number of Topliss-reactive ketones (excluding diaryl/α,β-unsaturated/α-hetero) is 1. The SMILES string of the molecule is COc1c(C(=O)C(C)N)cc(Cl)c(F)c1C. The van der Waals surface area contributed by atoms with Crippen LogP contribution in [0.1, 0.15) is 22.8 Å². The number of benzene rings is 1. The van der Waals surface area contributed by atoms with Crippen LogP contribution in [0.4, 0.5) is 4.39 Å². The van der Waals surface area contributed by atoms with E-state index in [1.54, 1.807) is 6.92 Å². The normalized spacial score (nSPS) is 12.4. The lowest BCUT2D eigenvalue weighted by atomic mass is 10.0. The molecular weight excluding hydrogens is 233 g/mol. The molecule has 0 aromatic heterocycles. The topological polar surface area (TPSA) is 52.3 Å². The number of ketones is 1. The molecule has 0 amide bonds. The van der Waals surface area contributed by atoms with Crippen LogP contribution in [0, 0.1) is 12.7 Å². The van der Waals surface area contributed by atoms with E-state index in [2.05, 4.69) is 0 Å². The van der Waals surface area contributed by atoms with E-state index in [1.807, 2.05) is 0 Å². The van der Waals surface area contributed by atoms with E-state index >= 15 is 0 Å². The van der Waals surface area contributed by atoms with Crippen molar-refractivity contribution in [3.05, 3.63) is 28.0 Å². The fraction of sp³-hybridized carbons (Fsp3) is 0.364. The van der Waals surface area contributed by atoms with Crippen LogP contribution in [0.3, 0.4) is 0 Å². The molecule has 0 aliphatic rings. The average molecular weight is 246 g/mol. The monoisotopic (exact) mass is 245 g/mol. The molecule has 0 radical (unpaired) electrons. The van der Waals surface area contributed by atoms with Crippen molar-refractivity contribution >= 4 is 17.4 Å². The molecule has 16 heavy (non-hydrogen) atoms. The van der Waals surface area contributed by atoms with Gasteiger partial charge in [0, 0.05) is 5.56 Å². The molecule has 0 fully saturated rings. The van der Waals surface area contributed by atoms with Gasteiger partial charge in [-0.25, -0.2) is 4.39 Å². The smallest absolute Gasteiger partial charge is 0.183 e. The molecule has 0 saturated heterocycles. The summed E-state index contributed by atoms with van der Waals surface area (Å²) in [7, 11) is 1.37. The third-order valence-electron chi connectivity index (χ3n) is 2.28. The molecule has 0 aliphatic carbocycles. The summed E-state index contributed by atoms with van der Waals surface area (Å²) in [5.41, 5.74) is 5.90. The van der Waals surface area contributed by atoms with Gasteiger partial charge in [-0.15, -0.1) is 0 Å². The average Bonchev–Trinajstić information content (AvgIpc) is 2.24. The summed E-state index contributed by atoms with van der Waals surface area (Å²) in [6.07, 6.45) is 0. The predicted octanol–water partition coefficient (Wildman–Crippen LogP) is 2.33. The van der Waals surface area contributed by atoms with Crippen LogP contribution >= 0.6 is 11.6 Å². The van der Waals surface area contributed by atoms with Gasteiger partial charge in [-0.2, -0.15) is 0 Å². The highest BCUT2D eigenvalue weighted by atomic mass is 35.5. The summed E-state index contributed by atoms with van der Waals surface area (Å²) in [6, 6.07) is 0.559. The van der Waals surface area contributed by atoms with Crippen LogP contribution in [-0.4, -0.2) is 18.9 Å². The molecule has 0 bridgehead atoms. The van der Waals surface area contributed by atoms with Crippen LogP contribution in [0.25, 0.3) is 0 Å². The van der Waals surface area contributed by atoms with Crippen LogP contribution in [0.5, 0.6) is 5.75 Å². The fourth-order valence-electron chi connectivity index (χ4n) is 1.43. The summed E-state index contributed by atoms with van der Waals surface area (Å²) < 4.78 is 18.5. The Kier molecular flexibility index (Phi) is 3.88. The molecule has 2 N–H and O–H groups in total. The molecule has 0 aliphatic heterocycles. The summed E-state index contributed by atoms with van der Waals surface area (Å²) in [6.45, 7) is 3.05. The maximum atomic E-state index is 13.5. The van der Waals surface area contributed by atoms with Gasteiger partial charge in [0.25, 0.3) is 0 Å². The lowest BCUT2D eigenvalue weighted by molar-refractivity contribution is 0.0964. The highest BCUT2D eigenvalue weighted by Crippen LogP contribution is 2.31. The van der Waals surface area contributed by atoms with Crippen LogP contribution in [0.2, 0.25) is 5.02 Å². The lowest BCUT2D eigenvalue weighted by Crippen LogP contribution is -2.27. The Bertz CT molecular complexity index is 432. The number of nitrogens with two attached hydrogens (primary N) is 1. The number of hydrogen-bond acceptors (Lipinski definition) is 3. The van der Waals surface area contributed by atoms with E-state index in [0.29, 0.717) is 0 Å². The van der Waals surface area contributed by atoms with Gasteiger partial charge in [0.2, 0.25) is 0 Å². The zero-order valence-corrected chi connectivity index (χ0v) is 10.1. The summed E-state index contributed by atoms with van der Waals surface area (Å²) in [4.78, 5) is 11.8. The van der Waals surface area contributed by atoms with Gasteiger partial charge in [-0.3, -0.25) is 4.79 Å². The van der Waals surface area contributed by atoms with Crippen molar-refractivity contribution in [2.75, 3.05) is 7.11 Å². The van der Waals surface area contributed by atoms with Crippen LogP contribution < -0.4 is 10.5 Å². The Morgan fingerprint density at radius 3 is 2.62 bits per heavy atom. The van der Waals surface area contributed by atoms with E-state index in [0.717, 1.165) is 0 Å². The first-order chi connectivity index (χ1) is 7.40. The number of methoxy groups -OCH3 is 1. The van der Waals surface area contributed by atoms with E-state index in [9.17, 15) is 9.18 Å². The third-order valence-corrected chi connectivity index (χ3v) is 2.55. The number of hydrogen-bond donors (Lipinski definition) is 1. The molecule has 1 aromatic rings. The molecule has 1 rings (SSSR count). The minimum Gasteiger partial charge on any atom is -0.496 e. The molecule has 1 atom stereocenters. The summed E-state index contributed by atoms with van der Waals surface area (Å²) in [5, 5.41) is -0.109. The van der Waals surface area contributed by atoms with Gasteiger partial charge in [-0.05, 0) is 19.9 Å². The lowest BCUT2D eigenvalue weighted by Gasteiger charge is -2.13. The molecule has 5 heteroatoms. The summed E-state index contributed by atoms with van der Waals surface area (Å²) in [5.74, 6) is -0.731. The van der Waals surface area contributed by atoms with E-state index in [-0.39, 0.29) is 27.7 Å². The Morgan fingerprint density at radius 2 is 2.19 bits per heavy atom. The summed E-state index contributed by atoms with van der Waals surface area (Å²) >= 11 is 5.67. The quantitative estimate of drug-likeness (QED) is 0.832. The Balaban J connectivity index is 3.45. The maximum Gasteiger partial charge on any atom is 0.183 e.